The van der Waals surface area contributed by atoms with Crippen molar-refractivity contribution < 1.29 is 9.90 Å². The number of likely N-dealkylation sites (tertiary alicyclic amines) is 1. The van der Waals surface area contributed by atoms with E-state index in [0.29, 0.717) is 12.1 Å². The van der Waals surface area contributed by atoms with Gasteiger partial charge in [-0.25, -0.2) is 0 Å². The fourth-order valence-electron chi connectivity index (χ4n) is 4.36. The van der Waals surface area contributed by atoms with E-state index in [9.17, 15) is 9.90 Å². The Morgan fingerprint density at radius 2 is 1.79 bits per heavy atom. The van der Waals surface area contributed by atoms with Gasteiger partial charge in [0.25, 0.3) is 0 Å². The van der Waals surface area contributed by atoms with Gasteiger partial charge in [0, 0.05) is 18.7 Å². The van der Waals surface area contributed by atoms with Gasteiger partial charge in [-0.1, -0.05) is 30.3 Å². The molecule has 0 amide bonds. The second kappa shape index (κ2) is 6.40. The van der Waals surface area contributed by atoms with Crippen LogP contribution in [0, 0.1) is 17.8 Å². The van der Waals surface area contributed by atoms with Crippen LogP contribution < -0.4 is 0 Å². The normalized spacial score (nSPS) is 25.9. The zero-order chi connectivity index (χ0) is 16.5. The van der Waals surface area contributed by atoms with Crippen molar-refractivity contribution in [2.45, 2.75) is 12.8 Å². The van der Waals surface area contributed by atoms with Gasteiger partial charge in [0.2, 0.25) is 0 Å². The van der Waals surface area contributed by atoms with Gasteiger partial charge in [0.05, 0.1) is 6.54 Å². The fourth-order valence-corrected chi connectivity index (χ4v) is 4.36. The van der Waals surface area contributed by atoms with Crippen LogP contribution >= 0.6 is 0 Å². The number of ketones is 1. The summed E-state index contributed by atoms with van der Waals surface area (Å²) in [5, 5.41) is 9.33. The van der Waals surface area contributed by atoms with Crippen LogP contribution in [0.15, 0.2) is 54.6 Å². The van der Waals surface area contributed by atoms with Crippen LogP contribution in [0.4, 0.5) is 0 Å². The Hall–Kier alpha value is -2.13. The van der Waals surface area contributed by atoms with Crippen LogP contribution in [0.1, 0.15) is 22.3 Å². The number of fused-ring (bicyclic) bond motifs is 1. The molecule has 0 unspecified atom stereocenters. The topological polar surface area (TPSA) is 40.5 Å². The first-order valence-corrected chi connectivity index (χ1v) is 8.77. The third-order valence-corrected chi connectivity index (χ3v) is 5.68. The third-order valence-electron chi connectivity index (χ3n) is 5.68. The molecular weight excluding hydrogens is 298 g/mol. The lowest BCUT2D eigenvalue weighted by Gasteiger charge is -2.39. The summed E-state index contributed by atoms with van der Waals surface area (Å²) in [5.74, 6) is 2.64. The molecule has 24 heavy (non-hydrogen) atoms. The molecule has 2 aromatic rings. The first kappa shape index (κ1) is 15.4. The Kier molecular flexibility index (Phi) is 4.11. The van der Waals surface area contributed by atoms with E-state index in [-0.39, 0.29) is 11.5 Å². The smallest absolute Gasteiger partial charge is 0.176 e. The highest BCUT2D eigenvalue weighted by molar-refractivity contribution is 5.97. The summed E-state index contributed by atoms with van der Waals surface area (Å²) >= 11 is 0. The molecule has 0 radical (unpaired) electrons. The average Bonchev–Trinajstić information content (AvgIpc) is 2.90. The molecule has 1 heterocycles. The van der Waals surface area contributed by atoms with Gasteiger partial charge in [0.1, 0.15) is 5.75 Å². The summed E-state index contributed by atoms with van der Waals surface area (Å²) in [4.78, 5) is 14.7. The van der Waals surface area contributed by atoms with Crippen LogP contribution in [-0.2, 0) is 6.42 Å². The van der Waals surface area contributed by atoms with Crippen LogP contribution in [0.5, 0.6) is 5.75 Å². The van der Waals surface area contributed by atoms with Gasteiger partial charge in [-0.05, 0) is 60.4 Å². The van der Waals surface area contributed by atoms with Gasteiger partial charge in [-0.3, -0.25) is 9.69 Å². The van der Waals surface area contributed by atoms with Crippen LogP contribution in [0.25, 0.3) is 0 Å². The van der Waals surface area contributed by atoms with Crippen molar-refractivity contribution in [3.63, 3.8) is 0 Å². The molecule has 2 aromatic carbocycles. The van der Waals surface area contributed by atoms with E-state index in [1.807, 2.05) is 0 Å². The van der Waals surface area contributed by atoms with E-state index in [4.69, 9.17) is 0 Å². The fraction of sp³-hybridized carbons (Fsp3) is 0.381. The highest BCUT2D eigenvalue weighted by Gasteiger charge is 2.46. The molecule has 3 atom stereocenters. The number of hydrogen-bond acceptors (Lipinski definition) is 3. The first-order valence-electron chi connectivity index (χ1n) is 8.77. The van der Waals surface area contributed by atoms with Crippen molar-refractivity contribution in [1.29, 1.82) is 0 Å². The minimum Gasteiger partial charge on any atom is -0.508 e. The highest BCUT2D eigenvalue weighted by atomic mass is 16.3. The highest BCUT2D eigenvalue weighted by Crippen LogP contribution is 2.47. The molecule has 0 bridgehead atoms. The van der Waals surface area contributed by atoms with Crippen molar-refractivity contribution in [3.05, 3.63) is 65.7 Å². The minimum atomic E-state index is 0.149. The molecule has 2 aliphatic rings. The molecule has 1 aliphatic carbocycles. The number of rotatable bonds is 5. The number of phenolic OH excluding ortho intramolecular Hbond substituents is 1. The molecular formula is C21H23NO2. The van der Waals surface area contributed by atoms with E-state index in [0.717, 1.165) is 30.8 Å². The van der Waals surface area contributed by atoms with E-state index in [1.54, 1.807) is 24.3 Å². The molecule has 4 rings (SSSR count). The van der Waals surface area contributed by atoms with E-state index in [1.165, 1.54) is 18.4 Å². The van der Waals surface area contributed by atoms with Crippen LogP contribution in [0.2, 0.25) is 0 Å². The number of phenols is 1. The standard InChI is InChI=1S/C21H23NO2/c23-19-8-6-16(7-9-19)21(24)14-22-12-18-11-17(20(18)13-22)10-15-4-2-1-3-5-15/h1-9,17-18,20,23H,10-14H2/t17-,18+,20+/m0/s1. The summed E-state index contributed by atoms with van der Waals surface area (Å²) in [6, 6.07) is 17.3. The lowest BCUT2D eigenvalue weighted by Crippen LogP contribution is -2.36. The average molecular weight is 321 g/mol. The van der Waals surface area contributed by atoms with E-state index >= 15 is 0 Å². The molecule has 2 fully saturated rings. The Labute approximate surface area is 142 Å². The minimum absolute atomic E-state index is 0.149. The lowest BCUT2D eigenvalue weighted by atomic mass is 9.64. The van der Waals surface area contributed by atoms with E-state index < -0.39 is 0 Å². The Morgan fingerprint density at radius 1 is 1.04 bits per heavy atom. The van der Waals surface area contributed by atoms with Crippen molar-refractivity contribution in [2.24, 2.45) is 17.8 Å². The van der Waals surface area contributed by atoms with Crippen molar-refractivity contribution in [3.8, 4) is 5.75 Å². The molecule has 1 saturated heterocycles. The zero-order valence-electron chi connectivity index (χ0n) is 13.8. The first-order chi connectivity index (χ1) is 11.7. The third kappa shape index (κ3) is 3.09. The predicted molar refractivity (Wildman–Crippen MR) is 94.1 cm³/mol. The molecule has 1 saturated carbocycles. The van der Waals surface area contributed by atoms with E-state index in [2.05, 4.69) is 35.2 Å². The van der Waals surface area contributed by atoms with Crippen molar-refractivity contribution in [2.75, 3.05) is 19.6 Å². The van der Waals surface area contributed by atoms with Gasteiger partial charge < -0.3 is 5.11 Å². The summed E-state index contributed by atoms with van der Waals surface area (Å²) in [6.07, 6.45) is 2.46. The van der Waals surface area contributed by atoms with Crippen molar-refractivity contribution >= 4 is 5.78 Å². The Balaban J connectivity index is 1.32. The molecule has 0 aromatic heterocycles. The maximum Gasteiger partial charge on any atom is 0.176 e. The maximum atomic E-state index is 12.4. The van der Waals surface area contributed by atoms with Gasteiger partial charge in [0.15, 0.2) is 5.78 Å². The second-order valence-corrected chi connectivity index (χ2v) is 7.27. The van der Waals surface area contributed by atoms with Gasteiger partial charge in [-0.2, -0.15) is 0 Å². The molecule has 124 valence electrons. The molecule has 1 N–H and O–H groups in total. The van der Waals surface area contributed by atoms with Crippen LogP contribution in [0.3, 0.4) is 0 Å². The number of hydrogen-bond donors (Lipinski definition) is 1. The quantitative estimate of drug-likeness (QED) is 0.858. The second-order valence-electron chi connectivity index (χ2n) is 7.27. The monoisotopic (exact) mass is 321 g/mol. The molecule has 0 spiro atoms. The molecule has 3 heteroatoms. The molecule has 1 aliphatic heterocycles. The summed E-state index contributed by atoms with van der Waals surface area (Å²) < 4.78 is 0. The number of Topliss-reactive ketones (excluding diaryl/α,β-unsaturated/α-hetero) is 1. The summed E-state index contributed by atoms with van der Waals surface area (Å²) in [7, 11) is 0. The van der Waals surface area contributed by atoms with Crippen molar-refractivity contribution in [1.82, 2.24) is 4.90 Å². The maximum absolute atomic E-state index is 12.4. The summed E-state index contributed by atoms with van der Waals surface area (Å²) in [6.45, 7) is 2.60. The van der Waals surface area contributed by atoms with Gasteiger partial charge in [-0.15, -0.1) is 0 Å². The zero-order valence-corrected chi connectivity index (χ0v) is 13.8. The predicted octanol–water partition coefficient (Wildman–Crippen LogP) is 3.39. The summed E-state index contributed by atoms with van der Waals surface area (Å²) in [5.41, 5.74) is 2.12. The number of carbonyl (C=O) groups is 1. The number of carbonyl (C=O) groups excluding carboxylic acids is 1. The molecule has 3 nitrogen and oxygen atoms in total. The number of aromatic hydroxyl groups is 1. The van der Waals surface area contributed by atoms with Gasteiger partial charge >= 0.3 is 0 Å². The Bertz CT molecular complexity index is 710. The largest absolute Gasteiger partial charge is 0.508 e. The SMILES string of the molecule is O=C(CN1C[C@H]2C[C@H](Cc3ccccc3)[C@H]2C1)c1ccc(O)cc1. The lowest BCUT2D eigenvalue weighted by molar-refractivity contribution is 0.0942. The number of benzene rings is 2. The van der Waals surface area contributed by atoms with Crippen LogP contribution in [-0.4, -0.2) is 35.4 Å². The number of nitrogens with zero attached hydrogens (tertiary/aromatic N) is 1. The Morgan fingerprint density at radius 3 is 2.54 bits per heavy atom.